The second-order valence-electron chi connectivity index (χ2n) is 9.72. The van der Waals surface area contributed by atoms with Crippen LogP contribution in [0.25, 0.3) is 0 Å². The standard InChI is InChI=1S/C24H40N4O/c1-18(2)16-29-22-10-6-19(7-11-22)24(3,4)17-26-23(25-5)27-20-12-14-28(15-13-20)21-8-9-21/h6-7,10-11,18,20-21H,8-9,12-17H2,1-5H3,(H2,25,26,27). The highest BCUT2D eigenvalue weighted by atomic mass is 16.5. The van der Waals surface area contributed by atoms with Crippen LogP contribution in [0.2, 0.25) is 0 Å². The lowest BCUT2D eigenvalue weighted by molar-refractivity contribution is 0.197. The Labute approximate surface area is 177 Å². The van der Waals surface area contributed by atoms with Gasteiger partial charge in [0.2, 0.25) is 0 Å². The number of piperidine rings is 1. The third kappa shape index (κ3) is 6.63. The molecule has 0 atom stereocenters. The van der Waals surface area contributed by atoms with Gasteiger partial charge in [-0.05, 0) is 49.3 Å². The van der Waals surface area contributed by atoms with Crippen molar-refractivity contribution in [3.63, 3.8) is 0 Å². The summed E-state index contributed by atoms with van der Waals surface area (Å²) in [6.07, 6.45) is 5.22. The van der Waals surface area contributed by atoms with Gasteiger partial charge in [-0.25, -0.2) is 0 Å². The third-order valence-corrected chi connectivity index (χ3v) is 6.07. The molecule has 1 aliphatic carbocycles. The summed E-state index contributed by atoms with van der Waals surface area (Å²) in [4.78, 5) is 7.12. The molecule has 3 rings (SSSR count). The van der Waals surface area contributed by atoms with Crippen LogP contribution in [0.15, 0.2) is 29.3 Å². The number of rotatable bonds is 8. The summed E-state index contributed by atoms with van der Waals surface area (Å²) in [6, 6.07) is 9.94. The maximum Gasteiger partial charge on any atom is 0.191 e. The number of nitrogens with zero attached hydrogens (tertiary/aromatic N) is 2. The van der Waals surface area contributed by atoms with Crippen LogP contribution in [0, 0.1) is 5.92 Å². The maximum absolute atomic E-state index is 5.81. The van der Waals surface area contributed by atoms with Crippen molar-refractivity contribution in [1.82, 2.24) is 15.5 Å². The van der Waals surface area contributed by atoms with Crippen LogP contribution in [0.5, 0.6) is 5.75 Å². The van der Waals surface area contributed by atoms with Crippen molar-refractivity contribution in [3.8, 4) is 5.75 Å². The number of hydrogen-bond acceptors (Lipinski definition) is 3. The van der Waals surface area contributed by atoms with E-state index >= 15 is 0 Å². The van der Waals surface area contributed by atoms with Gasteiger partial charge in [0.25, 0.3) is 0 Å². The number of nitrogens with one attached hydrogen (secondary N) is 2. The average molecular weight is 401 g/mol. The van der Waals surface area contributed by atoms with Crippen LogP contribution >= 0.6 is 0 Å². The second-order valence-corrected chi connectivity index (χ2v) is 9.72. The zero-order chi connectivity index (χ0) is 20.9. The molecule has 1 aromatic rings. The predicted molar refractivity (Wildman–Crippen MR) is 122 cm³/mol. The van der Waals surface area contributed by atoms with Crippen LogP contribution < -0.4 is 15.4 Å². The smallest absolute Gasteiger partial charge is 0.191 e. The predicted octanol–water partition coefficient (Wildman–Crippen LogP) is 3.79. The van der Waals surface area contributed by atoms with Crippen molar-refractivity contribution in [2.24, 2.45) is 10.9 Å². The van der Waals surface area contributed by atoms with Crippen LogP contribution in [-0.4, -0.2) is 56.2 Å². The summed E-state index contributed by atoms with van der Waals surface area (Å²) in [5.41, 5.74) is 1.30. The van der Waals surface area contributed by atoms with Gasteiger partial charge in [0.15, 0.2) is 5.96 Å². The summed E-state index contributed by atoms with van der Waals surface area (Å²) in [5, 5.41) is 7.19. The highest BCUT2D eigenvalue weighted by Crippen LogP contribution is 2.29. The van der Waals surface area contributed by atoms with Crippen LogP contribution in [0.4, 0.5) is 0 Å². The fraction of sp³-hybridized carbons (Fsp3) is 0.708. The van der Waals surface area contributed by atoms with Crippen molar-refractivity contribution in [3.05, 3.63) is 29.8 Å². The van der Waals surface area contributed by atoms with E-state index in [1.165, 1.54) is 44.3 Å². The summed E-state index contributed by atoms with van der Waals surface area (Å²) < 4.78 is 5.81. The van der Waals surface area contributed by atoms with Gasteiger partial charge in [0.05, 0.1) is 6.61 Å². The minimum Gasteiger partial charge on any atom is -0.493 e. The van der Waals surface area contributed by atoms with Gasteiger partial charge in [-0.1, -0.05) is 39.8 Å². The summed E-state index contributed by atoms with van der Waals surface area (Å²) in [7, 11) is 1.86. The molecule has 1 saturated carbocycles. The molecule has 0 unspecified atom stereocenters. The monoisotopic (exact) mass is 400 g/mol. The van der Waals surface area contributed by atoms with E-state index in [1.807, 2.05) is 7.05 Å². The third-order valence-electron chi connectivity index (χ3n) is 6.07. The van der Waals surface area contributed by atoms with Gasteiger partial charge in [-0.2, -0.15) is 0 Å². The number of guanidine groups is 1. The van der Waals surface area contributed by atoms with Gasteiger partial charge in [0, 0.05) is 44.2 Å². The SMILES string of the molecule is CN=C(NCC(C)(C)c1ccc(OCC(C)C)cc1)NC1CCN(C2CC2)CC1. The lowest BCUT2D eigenvalue weighted by Gasteiger charge is -2.34. The molecule has 162 valence electrons. The number of hydrogen-bond donors (Lipinski definition) is 2. The lowest BCUT2D eigenvalue weighted by atomic mass is 9.84. The number of benzene rings is 1. The van der Waals surface area contributed by atoms with E-state index in [4.69, 9.17) is 4.74 Å². The van der Waals surface area contributed by atoms with Gasteiger partial charge in [-0.15, -0.1) is 0 Å². The molecule has 5 heteroatoms. The first-order valence-corrected chi connectivity index (χ1v) is 11.3. The molecule has 2 N–H and O–H groups in total. The Balaban J connectivity index is 1.46. The molecule has 2 aliphatic rings. The summed E-state index contributed by atoms with van der Waals surface area (Å²) in [6.45, 7) is 12.9. The minimum atomic E-state index is 0.00351. The minimum absolute atomic E-state index is 0.00351. The van der Waals surface area contributed by atoms with Crippen LogP contribution in [-0.2, 0) is 5.41 Å². The van der Waals surface area contributed by atoms with Crippen molar-refractivity contribution in [2.45, 2.75) is 70.9 Å². The Kier molecular flexibility index (Phi) is 7.44. The first-order valence-electron chi connectivity index (χ1n) is 11.3. The Hall–Kier alpha value is -1.75. The lowest BCUT2D eigenvalue weighted by Crippen LogP contribution is -2.50. The van der Waals surface area contributed by atoms with E-state index in [9.17, 15) is 0 Å². The first kappa shape index (κ1) is 21.9. The van der Waals surface area contributed by atoms with Crippen molar-refractivity contribution >= 4 is 5.96 Å². The average Bonchev–Trinajstić information content (AvgIpc) is 3.56. The second kappa shape index (κ2) is 9.84. The number of ether oxygens (including phenoxy) is 1. The molecule has 1 aromatic carbocycles. The van der Waals surface area contributed by atoms with E-state index in [0.29, 0.717) is 12.0 Å². The molecular formula is C24H40N4O. The van der Waals surface area contributed by atoms with Gasteiger partial charge in [0.1, 0.15) is 5.75 Å². The van der Waals surface area contributed by atoms with E-state index < -0.39 is 0 Å². The fourth-order valence-electron chi connectivity index (χ4n) is 3.91. The molecule has 0 radical (unpaired) electrons. The summed E-state index contributed by atoms with van der Waals surface area (Å²) >= 11 is 0. The Morgan fingerprint density at radius 3 is 2.34 bits per heavy atom. The van der Waals surface area contributed by atoms with E-state index in [0.717, 1.165) is 30.9 Å². The Morgan fingerprint density at radius 2 is 1.79 bits per heavy atom. The van der Waals surface area contributed by atoms with Crippen molar-refractivity contribution < 1.29 is 4.74 Å². The highest BCUT2D eigenvalue weighted by Gasteiger charge is 2.32. The normalized spacial score (nSPS) is 19.4. The molecule has 0 aromatic heterocycles. The molecule has 5 nitrogen and oxygen atoms in total. The van der Waals surface area contributed by atoms with Crippen molar-refractivity contribution in [1.29, 1.82) is 0 Å². The van der Waals surface area contributed by atoms with Crippen LogP contribution in [0.3, 0.4) is 0 Å². The first-order chi connectivity index (χ1) is 13.9. The number of aliphatic imine (C=N–C) groups is 1. The molecule has 2 fully saturated rings. The van der Waals surface area contributed by atoms with E-state index in [-0.39, 0.29) is 5.41 Å². The van der Waals surface area contributed by atoms with Gasteiger partial charge in [-0.3, -0.25) is 4.99 Å². The molecule has 1 saturated heterocycles. The van der Waals surface area contributed by atoms with E-state index in [1.54, 1.807) is 0 Å². The fourth-order valence-corrected chi connectivity index (χ4v) is 3.91. The Morgan fingerprint density at radius 1 is 1.14 bits per heavy atom. The summed E-state index contributed by atoms with van der Waals surface area (Å²) in [5.74, 6) is 2.40. The van der Waals surface area contributed by atoms with Gasteiger partial charge >= 0.3 is 0 Å². The molecule has 0 amide bonds. The van der Waals surface area contributed by atoms with Gasteiger partial charge < -0.3 is 20.3 Å². The Bertz CT molecular complexity index is 656. The molecular weight excluding hydrogens is 360 g/mol. The number of likely N-dealkylation sites (tertiary alicyclic amines) is 1. The zero-order valence-electron chi connectivity index (χ0n) is 19.0. The molecule has 1 heterocycles. The largest absolute Gasteiger partial charge is 0.493 e. The maximum atomic E-state index is 5.81. The zero-order valence-corrected chi connectivity index (χ0v) is 19.0. The molecule has 0 spiro atoms. The molecule has 1 aliphatic heterocycles. The molecule has 0 bridgehead atoms. The molecule has 29 heavy (non-hydrogen) atoms. The quantitative estimate of drug-likeness (QED) is 0.515. The van der Waals surface area contributed by atoms with E-state index in [2.05, 4.69) is 72.5 Å². The topological polar surface area (TPSA) is 48.9 Å². The highest BCUT2D eigenvalue weighted by molar-refractivity contribution is 5.80. The van der Waals surface area contributed by atoms with Crippen LogP contribution in [0.1, 0.15) is 58.9 Å². The van der Waals surface area contributed by atoms with Crippen molar-refractivity contribution in [2.75, 3.05) is 33.3 Å².